The fourth-order valence-corrected chi connectivity index (χ4v) is 6.22. The van der Waals surface area contributed by atoms with Crippen molar-refractivity contribution in [3.8, 4) is 0 Å². The quantitative estimate of drug-likeness (QED) is 0.339. The molecule has 0 aliphatic heterocycles. The highest BCUT2D eigenvalue weighted by Gasteiger charge is 2.29. The lowest BCUT2D eigenvalue weighted by atomic mass is 9.95. The van der Waals surface area contributed by atoms with E-state index in [1.807, 2.05) is 0 Å². The molecule has 0 saturated heterocycles. The Bertz CT molecular complexity index is 1200. The monoisotopic (exact) mass is 601 g/mol. The third-order valence-corrected chi connectivity index (χ3v) is 8.93. The van der Waals surface area contributed by atoms with Crippen molar-refractivity contribution >= 4 is 62.3 Å². The number of carbonyl (C=O) groups is 2. The first-order chi connectivity index (χ1) is 18.0. The molecule has 1 fully saturated rings. The number of nitrogens with one attached hydrogen (secondary N) is 1. The number of rotatable bonds is 11. The molecule has 1 saturated carbocycles. The molecule has 2 aromatic carbocycles. The number of carbonyl (C=O) groups excluding carboxylic acids is 2. The molecule has 1 aliphatic carbocycles. The van der Waals surface area contributed by atoms with E-state index in [0.29, 0.717) is 26.3 Å². The number of halogens is 3. The summed E-state index contributed by atoms with van der Waals surface area (Å²) in [5, 5.41) is 4.39. The molecule has 3 rings (SSSR count). The van der Waals surface area contributed by atoms with Crippen LogP contribution in [0.15, 0.2) is 42.5 Å². The summed E-state index contributed by atoms with van der Waals surface area (Å²) in [5.74, 6) is -0.524. The first-order valence-electron chi connectivity index (χ1n) is 12.7. The van der Waals surface area contributed by atoms with Crippen LogP contribution in [-0.4, -0.2) is 50.0 Å². The van der Waals surface area contributed by atoms with Crippen molar-refractivity contribution in [1.82, 2.24) is 10.2 Å². The predicted octanol–water partition coefficient (Wildman–Crippen LogP) is 6.06. The third kappa shape index (κ3) is 8.50. The van der Waals surface area contributed by atoms with Gasteiger partial charge in [0.1, 0.15) is 6.04 Å². The smallest absolute Gasteiger partial charge is 0.242 e. The van der Waals surface area contributed by atoms with Crippen LogP contribution in [0.3, 0.4) is 0 Å². The zero-order valence-electron chi connectivity index (χ0n) is 21.6. The second kappa shape index (κ2) is 13.9. The minimum absolute atomic E-state index is 0.0305. The maximum Gasteiger partial charge on any atom is 0.242 e. The van der Waals surface area contributed by atoms with Gasteiger partial charge in [-0.2, -0.15) is 0 Å². The Morgan fingerprint density at radius 1 is 1.00 bits per heavy atom. The van der Waals surface area contributed by atoms with Crippen LogP contribution in [-0.2, 0) is 26.2 Å². The molecule has 0 unspecified atom stereocenters. The van der Waals surface area contributed by atoms with Crippen molar-refractivity contribution < 1.29 is 18.0 Å². The van der Waals surface area contributed by atoms with Crippen LogP contribution >= 0.6 is 34.8 Å². The van der Waals surface area contributed by atoms with Crippen molar-refractivity contribution in [3.05, 3.63) is 63.1 Å². The number of anilines is 1. The van der Waals surface area contributed by atoms with Gasteiger partial charge >= 0.3 is 0 Å². The Morgan fingerprint density at radius 2 is 1.61 bits per heavy atom. The summed E-state index contributed by atoms with van der Waals surface area (Å²) in [5.41, 5.74) is 1.02. The number of nitrogens with zero attached hydrogens (tertiary/aromatic N) is 2. The molecular formula is C27H34Cl3N3O4S. The summed E-state index contributed by atoms with van der Waals surface area (Å²) in [4.78, 5) is 28.1. The van der Waals surface area contributed by atoms with E-state index in [-0.39, 0.29) is 43.8 Å². The minimum Gasteiger partial charge on any atom is -0.352 e. The lowest BCUT2D eigenvalue weighted by molar-refractivity contribution is -0.141. The van der Waals surface area contributed by atoms with E-state index in [4.69, 9.17) is 34.8 Å². The van der Waals surface area contributed by atoms with Crippen molar-refractivity contribution in [2.75, 3.05) is 17.1 Å². The molecule has 0 radical (unpaired) electrons. The van der Waals surface area contributed by atoms with Crippen LogP contribution in [0.25, 0.3) is 0 Å². The second-order valence-electron chi connectivity index (χ2n) is 9.66. The van der Waals surface area contributed by atoms with Gasteiger partial charge in [-0.25, -0.2) is 8.42 Å². The fraction of sp³-hybridized carbons (Fsp3) is 0.481. The van der Waals surface area contributed by atoms with Crippen molar-refractivity contribution in [2.24, 2.45) is 0 Å². The Labute approximate surface area is 240 Å². The maximum absolute atomic E-state index is 13.5. The number of sulfonamides is 1. The maximum atomic E-state index is 13.5. The van der Waals surface area contributed by atoms with E-state index in [1.165, 1.54) is 9.21 Å². The summed E-state index contributed by atoms with van der Waals surface area (Å²) in [6.07, 6.45) is 6.55. The molecule has 11 heteroatoms. The molecule has 0 heterocycles. The molecule has 1 N–H and O–H groups in total. The molecule has 7 nitrogen and oxygen atoms in total. The molecule has 208 valence electrons. The SMILES string of the molecule is C[C@@H](C(=O)NC1CCCCC1)N(Cc1c(Cl)cccc1Cl)C(=O)CCCN(c1ccc(Cl)cc1)S(C)(=O)=O. The number of hydrogen-bond acceptors (Lipinski definition) is 4. The van der Waals surface area contributed by atoms with Gasteiger partial charge in [0, 0.05) is 46.2 Å². The van der Waals surface area contributed by atoms with E-state index < -0.39 is 16.1 Å². The molecular weight excluding hydrogens is 569 g/mol. The molecule has 38 heavy (non-hydrogen) atoms. The standard InChI is InChI=1S/C27H34Cl3N3O4S/c1-19(27(35)31-21-8-4-3-5-9-21)32(18-23-24(29)10-6-11-25(23)30)26(34)12-7-17-33(38(2,36)37)22-15-13-20(28)14-16-22/h6,10-11,13-16,19,21H,3-5,7-9,12,17-18H2,1-2H3,(H,31,35)/t19-/m0/s1. The Morgan fingerprint density at radius 3 is 2.18 bits per heavy atom. The van der Waals surface area contributed by atoms with Crippen molar-refractivity contribution in [2.45, 2.75) is 70.5 Å². The topological polar surface area (TPSA) is 86.8 Å². The van der Waals surface area contributed by atoms with E-state index in [1.54, 1.807) is 49.4 Å². The van der Waals surface area contributed by atoms with Gasteiger partial charge < -0.3 is 10.2 Å². The van der Waals surface area contributed by atoms with Crippen LogP contribution in [0.4, 0.5) is 5.69 Å². The Balaban J connectivity index is 1.75. The van der Waals surface area contributed by atoms with Gasteiger partial charge in [-0.3, -0.25) is 13.9 Å². The zero-order valence-corrected chi connectivity index (χ0v) is 24.7. The van der Waals surface area contributed by atoms with Crippen LogP contribution in [0.2, 0.25) is 15.1 Å². The van der Waals surface area contributed by atoms with Gasteiger partial charge in [0.25, 0.3) is 0 Å². The summed E-state index contributed by atoms with van der Waals surface area (Å²) in [6.45, 7) is 1.84. The fourth-order valence-electron chi connectivity index (χ4n) is 4.62. The lowest BCUT2D eigenvalue weighted by Crippen LogP contribution is -2.50. The largest absolute Gasteiger partial charge is 0.352 e. The van der Waals surface area contributed by atoms with Gasteiger partial charge in [-0.15, -0.1) is 0 Å². The average Bonchev–Trinajstić information content (AvgIpc) is 2.86. The molecule has 2 aromatic rings. The van der Waals surface area contributed by atoms with E-state index in [0.717, 1.165) is 38.4 Å². The van der Waals surface area contributed by atoms with E-state index in [9.17, 15) is 18.0 Å². The third-order valence-electron chi connectivity index (χ3n) is 6.78. The van der Waals surface area contributed by atoms with Gasteiger partial charge in [0.15, 0.2) is 0 Å². The molecule has 0 bridgehead atoms. The van der Waals surface area contributed by atoms with Gasteiger partial charge in [0.05, 0.1) is 11.9 Å². The molecule has 1 atom stereocenters. The average molecular weight is 603 g/mol. The highest BCUT2D eigenvalue weighted by Crippen LogP contribution is 2.27. The highest BCUT2D eigenvalue weighted by molar-refractivity contribution is 7.92. The first-order valence-corrected chi connectivity index (χ1v) is 15.7. The zero-order chi connectivity index (χ0) is 27.9. The highest BCUT2D eigenvalue weighted by atomic mass is 35.5. The van der Waals surface area contributed by atoms with Gasteiger partial charge in [0.2, 0.25) is 21.8 Å². The summed E-state index contributed by atoms with van der Waals surface area (Å²) in [6, 6.07) is 10.9. The summed E-state index contributed by atoms with van der Waals surface area (Å²) in [7, 11) is -3.59. The first kappa shape index (κ1) is 30.5. The Kier molecular flexibility index (Phi) is 11.2. The van der Waals surface area contributed by atoms with Crippen LogP contribution < -0.4 is 9.62 Å². The number of benzene rings is 2. The molecule has 1 aliphatic rings. The summed E-state index contributed by atoms with van der Waals surface area (Å²) >= 11 is 18.7. The van der Waals surface area contributed by atoms with Crippen molar-refractivity contribution in [1.29, 1.82) is 0 Å². The van der Waals surface area contributed by atoms with Crippen LogP contribution in [0, 0.1) is 0 Å². The Hall–Kier alpha value is -2.00. The van der Waals surface area contributed by atoms with Crippen LogP contribution in [0.1, 0.15) is 57.4 Å². The minimum atomic E-state index is -3.59. The summed E-state index contributed by atoms with van der Waals surface area (Å²) < 4.78 is 26.1. The predicted molar refractivity (Wildman–Crippen MR) is 154 cm³/mol. The molecule has 0 aromatic heterocycles. The van der Waals surface area contributed by atoms with Gasteiger partial charge in [-0.05, 0) is 62.6 Å². The normalized spacial score (nSPS) is 15.1. The number of hydrogen-bond donors (Lipinski definition) is 1. The number of amides is 2. The van der Waals surface area contributed by atoms with E-state index in [2.05, 4.69) is 5.32 Å². The molecule has 2 amide bonds. The second-order valence-corrected chi connectivity index (χ2v) is 12.8. The van der Waals surface area contributed by atoms with E-state index >= 15 is 0 Å². The van der Waals surface area contributed by atoms with Crippen LogP contribution in [0.5, 0.6) is 0 Å². The van der Waals surface area contributed by atoms with Crippen molar-refractivity contribution in [3.63, 3.8) is 0 Å². The lowest BCUT2D eigenvalue weighted by Gasteiger charge is -2.32. The van der Waals surface area contributed by atoms with Gasteiger partial charge in [-0.1, -0.05) is 60.1 Å². The molecule has 0 spiro atoms.